The van der Waals surface area contributed by atoms with Crippen LogP contribution in [0.25, 0.3) is 11.2 Å². The Balaban J connectivity index is 1.94. The van der Waals surface area contributed by atoms with Crippen LogP contribution in [0, 0.1) is 18.8 Å². The van der Waals surface area contributed by atoms with Crippen LogP contribution < -0.4 is 15.7 Å². The monoisotopic (exact) mass is 658 g/mol. The van der Waals surface area contributed by atoms with Crippen molar-refractivity contribution in [2.75, 3.05) is 19.8 Å². The Morgan fingerprint density at radius 2 is 1.64 bits per heavy atom. The minimum absolute atomic E-state index is 0.0115. The SMILES string of the molecule is CCOC(=O)[C@H](CC(C)C)NP(=O)(N[C@@H](CC(C)C)C(=O)OCC)OC[C@H]1O[C@@H](n2cnc3c(=O)[nH]c(C)nc32)[C@@](C)(O)C1O. The van der Waals surface area contributed by atoms with Gasteiger partial charge in [0.2, 0.25) is 0 Å². The topological polar surface area (TPSA) is 216 Å². The number of esters is 2. The number of carbonyl (C=O) groups excluding carboxylic acids is 2. The maximum Gasteiger partial charge on any atom is 0.342 e. The van der Waals surface area contributed by atoms with Crippen molar-refractivity contribution in [3.63, 3.8) is 0 Å². The average Bonchev–Trinajstić information content (AvgIpc) is 3.44. The first-order valence-corrected chi connectivity index (χ1v) is 16.8. The summed E-state index contributed by atoms with van der Waals surface area (Å²) in [7, 11) is -4.30. The summed E-state index contributed by atoms with van der Waals surface area (Å²) in [4.78, 5) is 49.0. The molecule has 45 heavy (non-hydrogen) atoms. The van der Waals surface area contributed by atoms with E-state index in [1.54, 1.807) is 20.8 Å². The average molecular weight is 659 g/mol. The summed E-state index contributed by atoms with van der Waals surface area (Å²) >= 11 is 0. The first-order valence-electron chi connectivity index (χ1n) is 15.2. The Morgan fingerprint density at radius 1 is 1.11 bits per heavy atom. The van der Waals surface area contributed by atoms with Crippen molar-refractivity contribution in [1.82, 2.24) is 29.7 Å². The zero-order chi connectivity index (χ0) is 33.7. The fourth-order valence-corrected chi connectivity index (χ4v) is 6.94. The molecule has 16 nitrogen and oxygen atoms in total. The van der Waals surface area contributed by atoms with E-state index >= 15 is 0 Å². The molecule has 0 saturated carbocycles. The van der Waals surface area contributed by atoms with Crippen LogP contribution in [0.5, 0.6) is 0 Å². The van der Waals surface area contributed by atoms with E-state index in [0.29, 0.717) is 5.82 Å². The Hall–Kier alpha value is -2.72. The number of imidazole rings is 1. The molecule has 1 aliphatic heterocycles. The third-order valence-corrected chi connectivity index (χ3v) is 9.00. The van der Waals surface area contributed by atoms with Crippen molar-refractivity contribution >= 4 is 30.8 Å². The van der Waals surface area contributed by atoms with E-state index in [9.17, 15) is 29.2 Å². The molecule has 1 aliphatic rings. The third-order valence-electron chi connectivity index (χ3n) is 7.19. The fraction of sp³-hybridized carbons (Fsp3) is 0.750. The van der Waals surface area contributed by atoms with Crippen molar-refractivity contribution in [2.24, 2.45) is 11.8 Å². The van der Waals surface area contributed by atoms with Crippen LogP contribution in [0.2, 0.25) is 0 Å². The molecular weight excluding hydrogens is 611 g/mol. The van der Waals surface area contributed by atoms with E-state index < -0.39 is 67.9 Å². The number of aliphatic hydroxyl groups excluding tert-OH is 1. The van der Waals surface area contributed by atoms with Gasteiger partial charge in [0.25, 0.3) is 5.56 Å². The molecule has 0 bridgehead atoms. The Morgan fingerprint density at radius 3 is 2.13 bits per heavy atom. The first kappa shape index (κ1) is 36.7. The number of fused-ring (bicyclic) bond motifs is 1. The molecule has 3 heterocycles. The van der Waals surface area contributed by atoms with Gasteiger partial charge in [-0.3, -0.25) is 23.5 Å². The maximum atomic E-state index is 14.5. The maximum absolute atomic E-state index is 14.5. The Bertz CT molecular complexity index is 1390. The van der Waals surface area contributed by atoms with E-state index in [2.05, 4.69) is 25.1 Å². The molecule has 2 aromatic rings. The Labute approximate surface area is 262 Å². The molecule has 6 atom stereocenters. The van der Waals surface area contributed by atoms with Crippen LogP contribution in [-0.2, 0) is 32.9 Å². The molecule has 0 aromatic carbocycles. The number of H-pyrrole nitrogens is 1. The van der Waals surface area contributed by atoms with Gasteiger partial charge in [-0.15, -0.1) is 0 Å². The number of hydrogen-bond acceptors (Lipinski definition) is 12. The molecule has 0 aliphatic carbocycles. The number of aromatic nitrogens is 4. The number of rotatable bonds is 16. The summed E-state index contributed by atoms with van der Waals surface area (Å²) in [6.07, 6.45) is -2.34. The summed E-state index contributed by atoms with van der Waals surface area (Å²) in [6, 6.07) is -2.14. The quantitative estimate of drug-likeness (QED) is 0.128. The van der Waals surface area contributed by atoms with Gasteiger partial charge in [-0.25, -0.2) is 20.1 Å². The molecule has 17 heteroatoms. The first-order chi connectivity index (χ1) is 21.0. The summed E-state index contributed by atoms with van der Waals surface area (Å²) in [5, 5.41) is 28.0. The van der Waals surface area contributed by atoms with Crippen LogP contribution in [0.4, 0.5) is 0 Å². The second-order valence-corrected chi connectivity index (χ2v) is 14.0. The number of ether oxygens (including phenoxy) is 3. The van der Waals surface area contributed by atoms with Crippen molar-refractivity contribution < 1.29 is 43.1 Å². The second kappa shape index (κ2) is 15.2. The summed E-state index contributed by atoms with van der Waals surface area (Å²) in [6.45, 7) is 13.4. The molecular formula is C28H47N6O10P. The smallest absolute Gasteiger partial charge is 0.342 e. The van der Waals surface area contributed by atoms with Gasteiger partial charge in [-0.2, -0.15) is 0 Å². The van der Waals surface area contributed by atoms with Crippen LogP contribution >= 0.6 is 7.67 Å². The number of carbonyl (C=O) groups is 2. The number of nitrogens with one attached hydrogen (secondary N) is 3. The summed E-state index contributed by atoms with van der Waals surface area (Å²) in [5.74, 6) is -1.03. The molecule has 0 amide bonds. The van der Waals surface area contributed by atoms with E-state index in [0.717, 1.165) is 0 Å². The minimum Gasteiger partial charge on any atom is -0.465 e. The van der Waals surface area contributed by atoms with Gasteiger partial charge in [0.1, 0.15) is 35.7 Å². The molecule has 5 N–H and O–H groups in total. The zero-order valence-corrected chi connectivity index (χ0v) is 28.0. The number of hydrogen-bond donors (Lipinski definition) is 5. The third kappa shape index (κ3) is 8.97. The molecule has 2 aromatic heterocycles. The van der Waals surface area contributed by atoms with E-state index in [4.69, 9.17) is 18.7 Å². The standard InChI is InChI=1S/C28H47N6O10P/c1-9-41-25(37)18(11-15(3)4)32-45(40,33-19(12-16(5)6)26(38)42-10-2)43-13-20-22(35)28(8,39)27(44-20)34-14-29-21-23(34)30-17(7)31-24(21)36/h14-16,18-20,22,27,35,39H,9-13H2,1-8H3,(H,30,31,36)(H2,32,33,40)/t18-,19-,20+,22?,27+,28-/m0/s1. The molecule has 0 radical (unpaired) electrons. The van der Waals surface area contributed by atoms with Crippen molar-refractivity contribution in [3.05, 3.63) is 22.5 Å². The molecule has 1 unspecified atom stereocenters. The van der Waals surface area contributed by atoms with Gasteiger partial charge in [0.15, 0.2) is 17.4 Å². The lowest BCUT2D eigenvalue weighted by molar-refractivity contribution is -0.146. The van der Waals surface area contributed by atoms with Gasteiger partial charge in [-0.1, -0.05) is 27.7 Å². The van der Waals surface area contributed by atoms with E-state index in [1.165, 1.54) is 17.8 Å². The lowest BCUT2D eigenvalue weighted by atomic mass is 9.96. The molecule has 254 valence electrons. The summed E-state index contributed by atoms with van der Waals surface area (Å²) in [5.41, 5.74) is -2.28. The van der Waals surface area contributed by atoms with Crippen LogP contribution in [-0.4, -0.2) is 91.4 Å². The lowest BCUT2D eigenvalue weighted by Crippen LogP contribution is -2.47. The van der Waals surface area contributed by atoms with Crippen molar-refractivity contribution in [1.29, 1.82) is 0 Å². The second-order valence-electron chi connectivity index (χ2n) is 12.1. The highest BCUT2D eigenvalue weighted by Crippen LogP contribution is 2.44. The largest absolute Gasteiger partial charge is 0.465 e. The van der Waals surface area contributed by atoms with Crippen LogP contribution in [0.15, 0.2) is 11.1 Å². The number of aliphatic hydroxyl groups is 2. The number of aromatic amines is 1. The molecule has 0 spiro atoms. The fourth-order valence-electron chi connectivity index (χ4n) is 5.12. The number of nitrogens with zero attached hydrogens (tertiary/aromatic N) is 3. The van der Waals surface area contributed by atoms with Gasteiger partial charge in [0, 0.05) is 0 Å². The minimum atomic E-state index is -4.30. The van der Waals surface area contributed by atoms with Crippen molar-refractivity contribution in [3.8, 4) is 0 Å². The zero-order valence-electron chi connectivity index (χ0n) is 27.1. The number of aryl methyl sites for hydroxylation is 1. The summed E-state index contributed by atoms with van der Waals surface area (Å²) < 4.78 is 38.1. The molecule has 1 fully saturated rings. The predicted molar refractivity (Wildman–Crippen MR) is 163 cm³/mol. The van der Waals surface area contributed by atoms with E-state index in [-0.39, 0.29) is 49.1 Å². The van der Waals surface area contributed by atoms with Crippen LogP contribution in [0.1, 0.15) is 73.4 Å². The normalized spacial score (nSPS) is 23.5. The van der Waals surface area contributed by atoms with Crippen LogP contribution in [0.3, 0.4) is 0 Å². The van der Waals surface area contributed by atoms with Gasteiger partial charge in [0.05, 0.1) is 26.1 Å². The van der Waals surface area contributed by atoms with Gasteiger partial charge < -0.3 is 33.9 Å². The highest BCUT2D eigenvalue weighted by Gasteiger charge is 2.54. The Kier molecular flexibility index (Phi) is 12.4. The molecule has 1 saturated heterocycles. The predicted octanol–water partition coefficient (Wildman–Crippen LogP) is 1.70. The lowest BCUT2D eigenvalue weighted by Gasteiger charge is -2.30. The highest BCUT2D eigenvalue weighted by molar-refractivity contribution is 7.54. The molecule has 3 rings (SSSR count). The highest BCUT2D eigenvalue weighted by atomic mass is 31.2. The van der Waals surface area contributed by atoms with Gasteiger partial charge in [-0.05, 0) is 52.4 Å². The van der Waals surface area contributed by atoms with E-state index in [1.807, 2.05) is 27.7 Å². The van der Waals surface area contributed by atoms with Gasteiger partial charge >= 0.3 is 19.6 Å². The van der Waals surface area contributed by atoms with Crippen molar-refractivity contribution in [2.45, 2.75) is 104 Å².